The highest BCUT2D eigenvalue weighted by Gasteiger charge is 2.51. The SMILES string of the molecule is COc1ccc(CC2(OC)C(OC)NCCN2C2CNCCN2CNC(=O)Cc2coc(-c3ccn(-c4ccccc4)n3)c2)cc1. The Balaban J connectivity index is 1.11. The number of para-hydroxylation sites is 1. The summed E-state index contributed by atoms with van der Waals surface area (Å²) in [6.07, 6.45) is 3.93. The van der Waals surface area contributed by atoms with Crippen LogP contribution >= 0.6 is 0 Å². The molecule has 12 nitrogen and oxygen atoms in total. The molecule has 0 radical (unpaired) electrons. The Morgan fingerprint density at radius 2 is 1.87 bits per heavy atom. The van der Waals surface area contributed by atoms with Crippen molar-refractivity contribution < 1.29 is 23.4 Å². The number of amides is 1. The predicted octanol–water partition coefficient (Wildman–Crippen LogP) is 2.45. The summed E-state index contributed by atoms with van der Waals surface area (Å²) in [4.78, 5) is 17.8. The molecular weight excluding hydrogens is 586 g/mol. The van der Waals surface area contributed by atoms with Gasteiger partial charge >= 0.3 is 0 Å². The van der Waals surface area contributed by atoms with Gasteiger partial charge in [0.15, 0.2) is 17.7 Å². The maximum absolute atomic E-state index is 13.2. The van der Waals surface area contributed by atoms with Crippen LogP contribution in [0.1, 0.15) is 11.1 Å². The molecule has 2 aliphatic heterocycles. The maximum Gasteiger partial charge on any atom is 0.225 e. The number of hydrogen-bond acceptors (Lipinski definition) is 10. The fraction of sp³-hybridized carbons (Fsp3) is 0.412. The molecule has 12 heteroatoms. The molecule has 244 valence electrons. The van der Waals surface area contributed by atoms with Crippen molar-refractivity contribution in [1.29, 1.82) is 0 Å². The minimum Gasteiger partial charge on any atom is -0.497 e. The average molecular weight is 630 g/mol. The van der Waals surface area contributed by atoms with E-state index in [1.54, 1.807) is 32.3 Å². The zero-order chi connectivity index (χ0) is 31.9. The molecule has 46 heavy (non-hydrogen) atoms. The highest BCUT2D eigenvalue weighted by atomic mass is 16.6. The Morgan fingerprint density at radius 3 is 2.63 bits per heavy atom. The van der Waals surface area contributed by atoms with E-state index in [0.717, 1.165) is 55.3 Å². The highest BCUT2D eigenvalue weighted by Crippen LogP contribution is 2.33. The normalized spacial score (nSPS) is 22.5. The number of piperazine rings is 2. The minimum absolute atomic E-state index is 0.0350. The third kappa shape index (κ3) is 6.87. The number of hydrogen-bond donors (Lipinski definition) is 3. The van der Waals surface area contributed by atoms with Crippen LogP contribution in [0.5, 0.6) is 5.75 Å². The molecule has 2 saturated heterocycles. The van der Waals surface area contributed by atoms with Crippen molar-refractivity contribution in [3.63, 3.8) is 0 Å². The number of nitrogens with zero attached hydrogens (tertiary/aromatic N) is 4. The Bertz CT molecular complexity index is 1560. The minimum atomic E-state index is -0.784. The lowest BCUT2D eigenvalue weighted by atomic mass is 9.95. The van der Waals surface area contributed by atoms with Gasteiger partial charge in [-0.25, -0.2) is 4.68 Å². The number of methoxy groups -OCH3 is 3. The van der Waals surface area contributed by atoms with E-state index in [-0.39, 0.29) is 24.7 Å². The van der Waals surface area contributed by atoms with Crippen LogP contribution in [0.2, 0.25) is 0 Å². The van der Waals surface area contributed by atoms with Gasteiger partial charge in [-0.3, -0.25) is 19.9 Å². The first kappa shape index (κ1) is 31.9. The zero-order valence-corrected chi connectivity index (χ0v) is 26.6. The van der Waals surface area contributed by atoms with E-state index >= 15 is 0 Å². The number of aromatic nitrogens is 2. The fourth-order valence-corrected chi connectivity index (χ4v) is 6.45. The van der Waals surface area contributed by atoms with Crippen molar-refractivity contribution in [2.24, 2.45) is 0 Å². The van der Waals surface area contributed by atoms with Gasteiger partial charge < -0.3 is 29.3 Å². The first-order valence-corrected chi connectivity index (χ1v) is 15.6. The van der Waals surface area contributed by atoms with E-state index in [2.05, 4.69) is 43.0 Å². The van der Waals surface area contributed by atoms with Crippen molar-refractivity contribution in [3.05, 3.63) is 90.3 Å². The van der Waals surface area contributed by atoms with Crippen LogP contribution in [0.4, 0.5) is 0 Å². The monoisotopic (exact) mass is 629 g/mol. The summed E-state index contributed by atoms with van der Waals surface area (Å²) in [6.45, 7) is 4.22. The second-order valence-corrected chi connectivity index (χ2v) is 11.6. The van der Waals surface area contributed by atoms with Crippen LogP contribution in [0.3, 0.4) is 0 Å². The van der Waals surface area contributed by atoms with Gasteiger partial charge in [-0.15, -0.1) is 0 Å². The third-order valence-corrected chi connectivity index (χ3v) is 8.83. The summed E-state index contributed by atoms with van der Waals surface area (Å²) in [5, 5.41) is 14.8. The standard InChI is InChI=1S/C34H43N7O5/c1-43-28-11-9-25(10-12-28)21-34(45-3)33(44-2)36-15-18-40(34)32-22-35-14-17-39(32)24-37-31(42)20-26-19-30(46-23-26)29-13-16-41(38-29)27-7-5-4-6-8-27/h4-13,16,19,23,32-33,35-36H,14-15,17-18,20-22,24H2,1-3H3,(H,37,42). The van der Waals surface area contributed by atoms with Gasteiger partial charge in [0, 0.05) is 65.1 Å². The average Bonchev–Trinajstić information content (AvgIpc) is 3.79. The van der Waals surface area contributed by atoms with Crippen molar-refractivity contribution in [2.75, 3.05) is 60.7 Å². The lowest BCUT2D eigenvalue weighted by Crippen LogP contribution is -2.76. The molecule has 2 aromatic carbocycles. The van der Waals surface area contributed by atoms with Crippen LogP contribution in [0.15, 0.2) is 83.6 Å². The number of carbonyl (C=O) groups excluding carboxylic acids is 1. The van der Waals surface area contributed by atoms with Gasteiger partial charge in [-0.05, 0) is 42.0 Å². The molecular formula is C34H43N7O5. The Morgan fingerprint density at radius 1 is 1.04 bits per heavy atom. The number of benzene rings is 2. The van der Waals surface area contributed by atoms with Crippen LogP contribution in [0.25, 0.3) is 17.1 Å². The molecule has 0 saturated carbocycles. The van der Waals surface area contributed by atoms with E-state index in [0.29, 0.717) is 24.5 Å². The number of nitrogens with one attached hydrogen (secondary N) is 3. The van der Waals surface area contributed by atoms with Gasteiger partial charge in [-0.1, -0.05) is 30.3 Å². The largest absolute Gasteiger partial charge is 0.497 e. The maximum atomic E-state index is 13.2. The van der Waals surface area contributed by atoms with Crippen molar-refractivity contribution in [1.82, 2.24) is 35.5 Å². The quantitative estimate of drug-likeness (QED) is 0.216. The summed E-state index contributed by atoms with van der Waals surface area (Å²) in [7, 11) is 5.11. The van der Waals surface area contributed by atoms with Crippen LogP contribution in [0, 0.1) is 0 Å². The summed E-state index contributed by atoms with van der Waals surface area (Å²) in [5.74, 6) is 1.35. The Hall–Kier alpha value is -4.04. The van der Waals surface area contributed by atoms with Gasteiger partial charge in [0.1, 0.15) is 11.4 Å². The number of ether oxygens (including phenoxy) is 3. The van der Waals surface area contributed by atoms with Gasteiger partial charge in [0.2, 0.25) is 5.91 Å². The first-order valence-electron chi connectivity index (χ1n) is 15.6. The topological polar surface area (TPSA) is 118 Å². The van der Waals surface area contributed by atoms with E-state index in [1.165, 1.54) is 0 Å². The fourth-order valence-electron chi connectivity index (χ4n) is 6.45. The smallest absolute Gasteiger partial charge is 0.225 e. The van der Waals surface area contributed by atoms with Gasteiger partial charge in [-0.2, -0.15) is 5.10 Å². The molecule has 4 heterocycles. The number of rotatable bonds is 12. The second-order valence-electron chi connectivity index (χ2n) is 11.6. The molecule has 3 atom stereocenters. The molecule has 4 aromatic rings. The molecule has 0 aliphatic carbocycles. The summed E-state index contributed by atoms with van der Waals surface area (Å²) < 4.78 is 25.3. The lowest BCUT2D eigenvalue weighted by Gasteiger charge is -2.56. The second kappa shape index (κ2) is 14.6. The van der Waals surface area contributed by atoms with Crippen molar-refractivity contribution in [2.45, 2.75) is 31.0 Å². The van der Waals surface area contributed by atoms with Crippen LogP contribution in [-0.2, 0) is 27.1 Å². The molecule has 3 unspecified atom stereocenters. The number of furan rings is 1. The van der Waals surface area contributed by atoms with Crippen molar-refractivity contribution >= 4 is 5.91 Å². The molecule has 0 bridgehead atoms. The Kier molecular flexibility index (Phi) is 10.1. The predicted molar refractivity (Wildman–Crippen MR) is 173 cm³/mol. The molecule has 1 amide bonds. The zero-order valence-electron chi connectivity index (χ0n) is 26.6. The van der Waals surface area contributed by atoms with E-state index in [4.69, 9.17) is 18.6 Å². The van der Waals surface area contributed by atoms with Gasteiger partial charge in [0.25, 0.3) is 0 Å². The Labute approximate surface area is 269 Å². The molecule has 2 aromatic heterocycles. The van der Waals surface area contributed by atoms with Crippen LogP contribution in [-0.4, -0.2) is 104 Å². The van der Waals surface area contributed by atoms with E-state index in [1.807, 2.05) is 60.8 Å². The van der Waals surface area contributed by atoms with Crippen LogP contribution < -0.4 is 20.7 Å². The first-order chi connectivity index (χ1) is 22.5. The summed E-state index contributed by atoms with van der Waals surface area (Å²) in [6, 6.07) is 21.7. The van der Waals surface area contributed by atoms with E-state index in [9.17, 15) is 4.79 Å². The van der Waals surface area contributed by atoms with Gasteiger partial charge in [0.05, 0.1) is 38.3 Å². The molecule has 6 rings (SSSR count). The molecule has 3 N–H and O–H groups in total. The third-order valence-electron chi connectivity index (χ3n) is 8.83. The summed E-state index contributed by atoms with van der Waals surface area (Å²) >= 11 is 0. The molecule has 2 fully saturated rings. The molecule has 2 aliphatic rings. The molecule has 0 spiro atoms. The lowest BCUT2D eigenvalue weighted by molar-refractivity contribution is -0.257. The number of carbonyl (C=O) groups is 1. The van der Waals surface area contributed by atoms with E-state index < -0.39 is 5.72 Å². The summed E-state index contributed by atoms with van der Waals surface area (Å²) in [5.41, 5.74) is 2.79. The highest BCUT2D eigenvalue weighted by molar-refractivity contribution is 5.78. The van der Waals surface area contributed by atoms with Crippen molar-refractivity contribution in [3.8, 4) is 22.9 Å².